The zero-order valence-electron chi connectivity index (χ0n) is 18.7. The number of alkyl halides is 1. The summed E-state index contributed by atoms with van der Waals surface area (Å²) in [6.07, 6.45) is 0.719. The van der Waals surface area contributed by atoms with E-state index in [4.69, 9.17) is 15.7 Å². The molecule has 0 atom stereocenters. The van der Waals surface area contributed by atoms with Crippen LogP contribution in [0.5, 0.6) is 0 Å². The van der Waals surface area contributed by atoms with E-state index < -0.39 is 40.8 Å². The molecular weight excluding hydrogens is 438 g/mol. The first-order chi connectivity index (χ1) is 15.4. The fourth-order valence-corrected chi connectivity index (χ4v) is 4.25. The van der Waals surface area contributed by atoms with Gasteiger partial charge in [-0.2, -0.15) is 0 Å². The van der Waals surface area contributed by atoms with Crippen LogP contribution in [0.2, 0.25) is 5.02 Å². The van der Waals surface area contributed by atoms with Crippen LogP contribution in [0.25, 0.3) is 10.9 Å². The van der Waals surface area contributed by atoms with Gasteiger partial charge in [0.05, 0.1) is 46.1 Å². The van der Waals surface area contributed by atoms with Crippen LogP contribution in [0.3, 0.4) is 0 Å². The summed E-state index contributed by atoms with van der Waals surface area (Å²) >= 11 is 6.23. The van der Waals surface area contributed by atoms with Crippen LogP contribution in [-0.4, -0.2) is 30.4 Å². The van der Waals surface area contributed by atoms with E-state index in [0.29, 0.717) is 4.57 Å². The van der Waals surface area contributed by atoms with Gasteiger partial charge >= 0.3 is 0 Å². The Kier molecular flexibility index (Phi) is 5.16. The lowest BCUT2D eigenvalue weighted by molar-refractivity contribution is 0.484. The number of rotatable bonds is 7. The van der Waals surface area contributed by atoms with Crippen molar-refractivity contribution in [3.63, 3.8) is 0 Å². The normalized spacial score (nSPS) is 13.5. The Balaban J connectivity index is 2.06. The molecule has 11 heteroatoms. The van der Waals surface area contributed by atoms with E-state index in [1.54, 1.807) is 0 Å². The molecule has 0 radical (unpaired) electrons. The van der Waals surface area contributed by atoms with Crippen LogP contribution in [-0.2, 0) is 17.0 Å². The van der Waals surface area contributed by atoms with Gasteiger partial charge in [-0.05, 0) is 43.2 Å². The first-order valence-corrected chi connectivity index (χ1v) is 10.7. The molecule has 0 bridgehead atoms. The number of sulfonamides is 1. The summed E-state index contributed by atoms with van der Waals surface area (Å²) in [6, 6.07) is 5.06. The fourth-order valence-electron chi connectivity index (χ4n) is 2.85. The first kappa shape index (κ1) is 18.1. The molecule has 2 aromatic carbocycles. The average molecular weight is 460 g/mol. The van der Waals surface area contributed by atoms with Crippen LogP contribution in [0.15, 0.2) is 35.4 Å². The van der Waals surface area contributed by atoms with Crippen LogP contribution < -0.4 is 15.6 Å². The SMILES string of the molecule is [2H]C([2H])([2H])n1cnc2ccc(Nc3c(F)ccc(NS(=O)(=O)CCCF)c3Cl)c(C)c2c1=O. The van der Waals surface area contributed by atoms with Gasteiger partial charge in [-0.15, -0.1) is 0 Å². The molecule has 1 heterocycles. The molecule has 160 valence electrons. The minimum Gasteiger partial charge on any atom is -0.352 e. The van der Waals surface area contributed by atoms with E-state index in [0.717, 1.165) is 18.5 Å². The quantitative estimate of drug-likeness (QED) is 0.559. The molecule has 7 nitrogen and oxygen atoms in total. The lowest BCUT2D eigenvalue weighted by atomic mass is 10.1. The maximum atomic E-state index is 14.6. The Morgan fingerprint density at radius 1 is 1.27 bits per heavy atom. The molecule has 0 aliphatic carbocycles. The van der Waals surface area contributed by atoms with Gasteiger partial charge in [0.25, 0.3) is 5.56 Å². The largest absolute Gasteiger partial charge is 0.352 e. The van der Waals surface area contributed by atoms with E-state index in [-0.39, 0.29) is 45.0 Å². The second-order valence-electron chi connectivity index (χ2n) is 6.42. The third-order valence-electron chi connectivity index (χ3n) is 4.35. The predicted octanol–water partition coefficient (Wildman–Crippen LogP) is 3.88. The van der Waals surface area contributed by atoms with Crippen molar-refractivity contribution in [1.82, 2.24) is 9.55 Å². The highest BCUT2D eigenvalue weighted by Crippen LogP contribution is 2.36. The van der Waals surface area contributed by atoms with Gasteiger partial charge in [0.2, 0.25) is 10.0 Å². The minimum absolute atomic E-state index is 0.0123. The number of halogens is 3. The lowest BCUT2D eigenvalue weighted by Crippen LogP contribution is -2.18. The number of hydrogen-bond donors (Lipinski definition) is 2. The van der Waals surface area contributed by atoms with Crippen molar-refractivity contribution in [1.29, 1.82) is 0 Å². The average Bonchev–Trinajstić information content (AvgIpc) is 2.72. The smallest absolute Gasteiger partial charge is 0.261 e. The summed E-state index contributed by atoms with van der Waals surface area (Å²) in [5.74, 6) is -1.29. The number of anilines is 3. The van der Waals surface area contributed by atoms with Crippen molar-refractivity contribution in [2.45, 2.75) is 13.3 Å². The van der Waals surface area contributed by atoms with Gasteiger partial charge < -0.3 is 9.88 Å². The number of nitrogens with one attached hydrogen (secondary N) is 2. The van der Waals surface area contributed by atoms with Crippen LogP contribution in [0.4, 0.5) is 25.8 Å². The molecule has 2 N–H and O–H groups in total. The van der Waals surface area contributed by atoms with Gasteiger partial charge in [-0.3, -0.25) is 13.9 Å². The van der Waals surface area contributed by atoms with Crippen molar-refractivity contribution in [3.05, 3.63) is 57.3 Å². The molecule has 0 aliphatic rings. The Morgan fingerprint density at radius 3 is 2.70 bits per heavy atom. The number of aromatic nitrogens is 2. The van der Waals surface area contributed by atoms with Gasteiger partial charge in [0.1, 0.15) is 5.82 Å². The topological polar surface area (TPSA) is 93.1 Å². The lowest BCUT2D eigenvalue weighted by Gasteiger charge is -2.16. The number of nitrogens with zero attached hydrogens (tertiary/aromatic N) is 2. The monoisotopic (exact) mass is 459 g/mol. The maximum Gasteiger partial charge on any atom is 0.261 e. The molecule has 0 spiro atoms. The summed E-state index contributed by atoms with van der Waals surface area (Å²) in [6.45, 7) is -2.03. The summed E-state index contributed by atoms with van der Waals surface area (Å²) in [4.78, 5) is 16.8. The van der Waals surface area contributed by atoms with Gasteiger partial charge in [-0.1, -0.05) is 11.6 Å². The Bertz CT molecular complexity index is 1380. The van der Waals surface area contributed by atoms with Crippen LogP contribution in [0.1, 0.15) is 16.1 Å². The van der Waals surface area contributed by atoms with Crippen molar-refractivity contribution < 1.29 is 21.3 Å². The molecule has 1 aromatic heterocycles. The molecule has 0 saturated carbocycles. The molecule has 3 rings (SSSR count). The molecule has 0 unspecified atom stereocenters. The zero-order chi connectivity index (χ0) is 24.6. The van der Waals surface area contributed by atoms with Gasteiger partial charge in [-0.25, -0.2) is 17.8 Å². The third kappa shape index (κ3) is 4.39. The Labute approximate surface area is 181 Å². The highest BCUT2D eigenvalue weighted by molar-refractivity contribution is 7.92. The molecule has 0 saturated heterocycles. The van der Waals surface area contributed by atoms with Gasteiger partial charge in [0.15, 0.2) is 0 Å². The molecular formula is C19H19ClF2N4O3S. The summed E-state index contributed by atoms with van der Waals surface area (Å²) in [7, 11) is -3.91. The van der Waals surface area contributed by atoms with Crippen LogP contribution >= 0.6 is 11.6 Å². The van der Waals surface area contributed by atoms with Crippen molar-refractivity contribution in [3.8, 4) is 0 Å². The van der Waals surface area contributed by atoms with Crippen molar-refractivity contribution in [2.24, 2.45) is 6.98 Å². The molecule has 0 fully saturated rings. The first-order valence-electron chi connectivity index (χ1n) is 10.2. The van der Waals surface area contributed by atoms with E-state index in [1.165, 1.54) is 19.1 Å². The Hall–Kier alpha value is -2.72. The minimum atomic E-state index is -3.91. The number of fused-ring (bicyclic) bond motifs is 1. The number of hydrogen-bond acceptors (Lipinski definition) is 5. The summed E-state index contributed by atoms with van der Waals surface area (Å²) in [5, 5.41) is 2.46. The molecule has 30 heavy (non-hydrogen) atoms. The zero-order valence-corrected chi connectivity index (χ0v) is 17.2. The van der Waals surface area contributed by atoms with E-state index in [9.17, 15) is 22.0 Å². The van der Waals surface area contributed by atoms with E-state index in [1.807, 2.05) is 0 Å². The van der Waals surface area contributed by atoms with Crippen molar-refractivity contribution >= 4 is 49.6 Å². The van der Waals surface area contributed by atoms with Crippen LogP contribution in [0, 0.1) is 12.7 Å². The molecule has 0 aliphatic heterocycles. The van der Waals surface area contributed by atoms with E-state index >= 15 is 0 Å². The number of benzene rings is 2. The summed E-state index contributed by atoms with van der Waals surface area (Å²) in [5.41, 5.74) is -0.448. The maximum absolute atomic E-state index is 14.6. The third-order valence-corrected chi connectivity index (χ3v) is 6.10. The second-order valence-corrected chi connectivity index (χ2v) is 8.64. The predicted molar refractivity (Wildman–Crippen MR) is 114 cm³/mol. The summed E-state index contributed by atoms with van der Waals surface area (Å²) < 4.78 is 76.2. The number of aryl methyl sites for hydroxylation is 2. The highest BCUT2D eigenvalue weighted by atomic mass is 35.5. The van der Waals surface area contributed by atoms with Gasteiger partial charge in [0, 0.05) is 16.8 Å². The van der Waals surface area contributed by atoms with Crippen molar-refractivity contribution in [2.75, 3.05) is 22.5 Å². The van der Waals surface area contributed by atoms with E-state index in [2.05, 4.69) is 15.0 Å². The fraction of sp³-hybridized carbons (Fsp3) is 0.263. The standard InChI is InChI=1S/C19H19ClF2N4O3S/c1-11-13(6-7-14-16(11)19(27)26(2)10-23-14)24-18-12(22)4-5-15(17(18)20)25-30(28,29)9-3-8-21/h4-7,10,24-25H,3,8-9H2,1-2H3/i2D3. The Morgan fingerprint density at radius 2 is 2.00 bits per heavy atom. The molecule has 3 aromatic rings. The highest BCUT2D eigenvalue weighted by Gasteiger charge is 2.18. The second kappa shape index (κ2) is 8.57. The molecule has 0 amide bonds.